The van der Waals surface area contributed by atoms with E-state index in [1.165, 1.54) is 0 Å². The van der Waals surface area contributed by atoms with E-state index in [2.05, 4.69) is 0 Å². The normalized spacial score (nSPS) is 21.1. The molecule has 6 heteroatoms. The minimum absolute atomic E-state index is 0.00881. The van der Waals surface area contributed by atoms with Gasteiger partial charge in [-0.05, 0) is 6.42 Å². The van der Waals surface area contributed by atoms with Crippen molar-refractivity contribution in [1.29, 1.82) is 0 Å². The highest BCUT2D eigenvalue weighted by Gasteiger charge is 2.33. The smallest absolute Gasteiger partial charge is 0.203 e. The fourth-order valence-corrected chi connectivity index (χ4v) is 5.56. The van der Waals surface area contributed by atoms with Crippen LogP contribution >= 0.6 is 14.7 Å². The molecule has 0 spiro atoms. The molecule has 0 aliphatic rings. The third kappa shape index (κ3) is 5.63. The first kappa shape index (κ1) is 16.4. The summed E-state index contributed by atoms with van der Waals surface area (Å²) >= 11 is 0. The van der Waals surface area contributed by atoms with Gasteiger partial charge in [0.25, 0.3) is 0 Å². The first-order chi connectivity index (χ1) is 7.29. The Kier molecular flexibility index (Phi) is 7.12. The van der Waals surface area contributed by atoms with Crippen molar-refractivity contribution < 1.29 is 18.9 Å². The summed E-state index contributed by atoms with van der Waals surface area (Å²) in [6.45, 7) is 5.31. The second kappa shape index (κ2) is 6.96. The SMILES string of the molecule is CCCCC(CP(=O)(O)CC)P(=O)(O)CC. The largest absolute Gasteiger partial charge is 0.344 e. The quantitative estimate of drug-likeness (QED) is 0.664. The van der Waals surface area contributed by atoms with Gasteiger partial charge in [0.1, 0.15) is 0 Å². The van der Waals surface area contributed by atoms with Gasteiger partial charge < -0.3 is 9.79 Å². The monoisotopic (exact) mass is 270 g/mol. The van der Waals surface area contributed by atoms with E-state index in [0.29, 0.717) is 6.42 Å². The van der Waals surface area contributed by atoms with E-state index in [4.69, 9.17) is 0 Å². The van der Waals surface area contributed by atoms with Gasteiger partial charge in [-0.25, -0.2) is 0 Å². The van der Waals surface area contributed by atoms with E-state index < -0.39 is 20.4 Å². The molecule has 0 heterocycles. The molecule has 0 radical (unpaired) electrons. The van der Waals surface area contributed by atoms with Crippen LogP contribution in [0.3, 0.4) is 0 Å². The first-order valence-corrected chi connectivity index (χ1v) is 9.85. The molecule has 3 unspecified atom stereocenters. The molecule has 0 bridgehead atoms. The Morgan fingerprint density at radius 1 is 1.06 bits per heavy atom. The predicted molar refractivity (Wildman–Crippen MR) is 68.9 cm³/mol. The Hall–Kier alpha value is 0.380. The second-order valence-electron chi connectivity index (χ2n) is 4.21. The summed E-state index contributed by atoms with van der Waals surface area (Å²) in [4.78, 5) is 19.4. The predicted octanol–water partition coefficient (Wildman–Crippen LogP) is 3.13. The standard InChI is InChI=1S/C10H24O4P2/c1-4-7-8-10(16(13,14)6-3)9-15(11,12)5-2/h10H,4-9H2,1-3H3,(H,11,12)(H,13,14). The maximum Gasteiger partial charge on any atom is 0.203 e. The highest BCUT2D eigenvalue weighted by molar-refractivity contribution is 7.62. The van der Waals surface area contributed by atoms with Crippen LogP contribution in [-0.4, -0.2) is 33.9 Å². The topological polar surface area (TPSA) is 74.6 Å². The Labute approximate surface area is 98.4 Å². The van der Waals surface area contributed by atoms with Crippen molar-refractivity contribution in [2.24, 2.45) is 0 Å². The minimum Gasteiger partial charge on any atom is -0.344 e. The van der Waals surface area contributed by atoms with Crippen LogP contribution in [-0.2, 0) is 9.13 Å². The van der Waals surface area contributed by atoms with Gasteiger partial charge >= 0.3 is 0 Å². The van der Waals surface area contributed by atoms with Crippen LogP contribution < -0.4 is 0 Å². The summed E-state index contributed by atoms with van der Waals surface area (Å²) in [5.74, 6) is 0. The molecule has 0 amide bonds. The highest BCUT2D eigenvalue weighted by Crippen LogP contribution is 2.54. The van der Waals surface area contributed by atoms with Gasteiger partial charge in [-0.3, -0.25) is 9.13 Å². The molecule has 0 saturated heterocycles. The lowest BCUT2D eigenvalue weighted by Crippen LogP contribution is -2.16. The fourth-order valence-electron chi connectivity index (χ4n) is 1.58. The van der Waals surface area contributed by atoms with Crippen LogP contribution in [0.1, 0.15) is 40.0 Å². The molecule has 2 N–H and O–H groups in total. The number of unbranched alkanes of at least 4 members (excludes halogenated alkanes) is 1. The summed E-state index contributed by atoms with van der Waals surface area (Å²) in [7, 11) is -6.47. The lowest BCUT2D eigenvalue weighted by atomic mass is 10.2. The van der Waals surface area contributed by atoms with Gasteiger partial charge in [0, 0.05) is 24.1 Å². The van der Waals surface area contributed by atoms with Crippen LogP contribution in [0.15, 0.2) is 0 Å². The molecule has 3 atom stereocenters. The molecule has 0 aromatic rings. The average molecular weight is 270 g/mol. The Morgan fingerprint density at radius 3 is 2.00 bits per heavy atom. The molecule has 0 aromatic carbocycles. The lowest BCUT2D eigenvalue weighted by molar-refractivity contribution is 0.448. The van der Waals surface area contributed by atoms with Crippen molar-refractivity contribution in [1.82, 2.24) is 0 Å². The molecule has 0 rings (SSSR count). The van der Waals surface area contributed by atoms with Gasteiger partial charge in [-0.2, -0.15) is 0 Å². The summed E-state index contributed by atoms with van der Waals surface area (Å²) < 4.78 is 23.5. The van der Waals surface area contributed by atoms with E-state index in [1.54, 1.807) is 13.8 Å². The summed E-state index contributed by atoms with van der Waals surface area (Å²) in [5, 5.41) is 0. The van der Waals surface area contributed by atoms with Gasteiger partial charge in [-0.15, -0.1) is 0 Å². The Bertz CT molecular complexity index is 291. The van der Waals surface area contributed by atoms with Crippen LogP contribution in [0.4, 0.5) is 0 Å². The van der Waals surface area contributed by atoms with Crippen LogP contribution in [0.2, 0.25) is 0 Å². The molecule has 98 valence electrons. The van der Waals surface area contributed by atoms with Crippen molar-refractivity contribution in [3.63, 3.8) is 0 Å². The molecular formula is C10H24O4P2. The molecule has 0 fully saturated rings. The average Bonchev–Trinajstić information content (AvgIpc) is 2.24. The van der Waals surface area contributed by atoms with Gasteiger partial charge in [0.2, 0.25) is 14.7 Å². The molecule has 16 heavy (non-hydrogen) atoms. The van der Waals surface area contributed by atoms with Crippen LogP contribution in [0.25, 0.3) is 0 Å². The lowest BCUT2D eigenvalue weighted by Gasteiger charge is -2.24. The zero-order valence-electron chi connectivity index (χ0n) is 10.4. The molecule has 0 aliphatic carbocycles. The van der Waals surface area contributed by atoms with Crippen molar-refractivity contribution in [3.8, 4) is 0 Å². The van der Waals surface area contributed by atoms with Gasteiger partial charge in [-0.1, -0.05) is 33.6 Å². The zero-order chi connectivity index (χ0) is 12.8. The maximum atomic E-state index is 11.9. The highest BCUT2D eigenvalue weighted by atomic mass is 31.2. The Morgan fingerprint density at radius 2 is 1.62 bits per heavy atom. The van der Waals surface area contributed by atoms with Crippen molar-refractivity contribution in [3.05, 3.63) is 0 Å². The molecule has 4 nitrogen and oxygen atoms in total. The second-order valence-corrected chi connectivity index (χ2v) is 9.78. The molecule has 0 aliphatic heterocycles. The summed E-state index contributed by atoms with van der Waals surface area (Å²) in [5.41, 5.74) is -0.506. The maximum absolute atomic E-state index is 11.9. The van der Waals surface area contributed by atoms with E-state index in [0.717, 1.165) is 12.8 Å². The van der Waals surface area contributed by atoms with E-state index in [9.17, 15) is 18.9 Å². The van der Waals surface area contributed by atoms with Crippen molar-refractivity contribution in [2.45, 2.75) is 45.7 Å². The van der Waals surface area contributed by atoms with Crippen LogP contribution in [0.5, 0.6) is 0 Å². The van der Waals surface area contributed by atoms with Crippen molar-refractivity contribution in [2.75, 3.05) is 18.5 Å². The number of rotatable bonds is 8. The number of hydrogen-bond acceptors (Lipinski definition) is 2. The third-order valence-electron chi connectivity index (χ3n) is 2.90. The molecular weight excluding hydrogens is 246 g/mol. The molecule has 0 aromatic heterocycles. The van der Waals surface area contributed by atoms with Gasteiger partial charge in [0.15, 0.2) is 0 Å². The third-order valence-corrected chi connectivity index (χ3v) is 7.68. The fraction of sp³-hybridized carbons (Fsp3) is 1.00. The van der Waals surface area contributed by atoms with E-state index >= 15 is 0 Å². The Balaban J connectivity index is 4.69. The molecule has 0 saturated carbocycles. The number of hydrogen-bond donors (Lipinski definition) is 2. The van der Waals surface area contributed by atoms with Gasteiger partial charge in [0.05, 0.1) is 0 Å². The van der Waals surface area contributed by atoms with Crippen molar-refractivity contribution >= 4 is 14.7 Å². The van der Waals surface area contributed by atoms with E-state index in [1.807, 2.05) is 6.92 Å². The summed E-state index contributed by atoms with van der Waals surface area (Å²) in [6.07, 6.45) is 2.69. The van der Waals surface area contributed by atoms with E-state index in [-0.39, 0.29) is 18.5 Å². The first-order valence-electron chi connectivity index (χ1n) is 5.91. The van der Waals surface area contributed by atoms with Crippen LogP contribution in [0, 0.1) is 0 Å². The zero-order valence-corrected chi connectivity index (χ0v) is 12.2. The summed E-state index contributed by atoms with van der Waals surface area (Å²) in [6, 6.07) is 0. The minimum atomic E-state index is -3.26.